The Bertz CT molecular complexity index is 942. The van der Waals surface area contributed by atoms with Crippen molar-refractivity contribution in [1.29, 1.82) is 0 Å². The maximum atomic E-state index is 13.1. The number of benzene rings is 1. The second-order valence-corrected chi connectivity index (χ2v) is 12.7. The van der Waals surface area contributed by atoms with Gasteiger partial charge in [0.15, 0.2) is 0 Å². The van der Waals surface area contributed by atoms with Gasteiger partial charge >= 0.3 is 0 Å². The molecule has 0 saturated heterocycles. The second-order valence-electron chi connectivity index (χ2n) is 11.9. The number of carboxylic acids is 1. The number of hydrogen-bond donors (Lipinski definition) is 2. The number of aliphatic carboxylic acids is 1. The number of rotatable bonds is 16. The molecular weight excluding hydrogens is 589 g/mol. The van der Waals surface area contributed by atoms with Crippen LogP contribution in [0.25, 0.3) is 0 Å². The Labute approximate surface area is 268 Å². The Morgan fingerprint density at radius 2 is 1.56 bits per heavy atom. The minimum absolute atomic E-state index is 0.0667. The molecule has 2 amide bonds. The van der Waals surface area contributed by atoms with E-state index >= 15 is 0 Å². The summed E-state index contributed by atoms with van der Waals surface area (Å²) in [6, 6.07) is 5.37. The van der Waals surface area contributed by atoms with Crippen LogP contribution in [0.2, 0.25) is 10.0 Å². The number of amides is 2. The fourth-order valence-corrected chi connectivity index (χ4v) is 6.24. The van der Waals surface area contributed by atoms with E-state index in [-0.39, 0.29) is 29.3 Å². The molecule has 8 nitrogen and oxygen atoms in total. The van der Waals surface area contributed by atoms with Crippen molar-refractivity contribution in [2.75, 3.05) is 26.8 Å². The molecule has 0 aromatic heterocycles. The van der Waals surface area contributed by atoms with E-state index in [2.05, 4.69) is 17.6 Å². The van der Waals surface area contributed by atoms with Crippen molar-refractivity contribution in [2.45, 2.75) is 128 Å². The van der Waals surface area contributed by atoms with Crippen LogP contribution in [0.4, 0.5) is 0 Å². The fraction of sp³-hybridized carbons (Fsp3) is 0.727. The van der Waals surface area contributed by atoms with Crippen LogP contribution in [0.3, 0.4) is 0 Å². The number of hydrogen-bond acceptors (Lipinski definition) is 5. The highest BCUT2D eigenvalue weighted by molar-refractivity contribution is 6.42. The van der Waals surface area contributed by atoms with Crippen molar-refractivity contribution < 1.29 is 29.5 Å². The molecule has 43 heavy (non-hydrogen) atoms. The monoisotopic (exact) mass is 641 g/mol. The summed E-state index contributed by atoms with van der Waals surface area (Å²) in [6.07, 6.45) is 18.0. The predicted molar refractivity (Wildman–Crippen MR) is 170 cm³/mol. The van der Waals surface area contributed by atoms with Gasteiger partial charge in [0.25, 0.3) is 5.91 Å². The molecule has 0 radical (unpaired) electrons. The first kappa shape index (κ1) is 37.3. The van der Waals surface area contributed by atoms with Gasteiger partial charge < -0.3 is 30.2 Å². The number of ether oxygens (including phenoxy) is 1. The van der Waals surface area contributed by atoms with Crippen molar-refractivity contribution >= 4 is 41.0 Å². The number of quaternary nitrogens is 1. The van der Waals surface area contributed by atoms with Crippen molar-refractivity contribution in [3.8, 4) is 0 Å². The zero-order valence-electron chi connectivity index (χ0n) is 26.2. The fourth-order valence-electron chi connectivity index (χ4n) is 5.94. The predicted octanol–water partition coefficient (Wildman–Crippen LogP) is 4.89. The quantitative estimate of drug-likeness (QED) is 0.249. The zero-order valence-corrected chi connectivity index (χ0v) is 27.7. The van der Waals surface area contributed by atoms with Gasteiger partial charge in [-0.25, -0.2) is 0 Å². The van der Waals surface area contributed by atoms with Gasteiger partial charge in [-0.1, -0.05) is 55.8 Å². The Balaban J connectivity index is 0.000000407. The van der Waals surface area contributed by atoms with Gasteiger partial charge in [0.2, 0.25) is 5.91 Å². The molecule has 10 heteroatoms. The molecule has 0 spiro atoms. The molecule has 0 unspecified atom stereocenters. The van der Waals surface area contributed by atoms with Gasteiger partial charge in [-0.05, 0) is 95.2 Å². The number of methoxy groups -OCH3 is 1. The molecule has 2 aliphatic carbocycles. The molecule has 1 aromatic carbocycles. The molecule has 1 atom stereocenters. The Morgan fingerprint density at radius 1 is 0.953 bits per heavy atom. The Hall–Kier alpha value is -1.87. The van der Waals surface area contributed by atoms with E-state index in [9.17, 15) is 19.5 Å². The average molecular weight is 643 g/mol. The van der Waals surface area contributed by atoms with E-state index in [0.717, 1.165) is 31.3 Å². The maximum Gasteiger partial charge on any atom is 0.251 e. The Kier molecular flexibility index (Phi) is 18.9. The van der Waals surface area contributed by atoms with Gasteiger partial charge in [-0.15, -0.1) is 0 Å². The number of nitrogens with two attached hydrogens (primary N) is 1. The molecule has 0 bridgehead atoms. The molecule has 2 saturated carbocycles. The van der Waals surface area contributed by atoms with E-state index in [0.29, 0.717) is 31.1 Å². The zero-order chi connectivity index (χ0) is 31.5. The average Bonchev–Trinajstić information content (AvgIpc) is 3.01. The van der Waals surface area contributed by atoms with E-state index in [4.69, 9.17) is 27.9 Å². The molecule has 244 valence electrons. The summed E-state index contributed by atoms with van der Waals surface area (Å²) in [5.74, 6) is -2.14. The van der Waals surface area contributed by atoms with Gasteiger partial charge in [0, 0.05) is 38.3 Å². The van der Waals surface area contributed by atoms with Gasteiger partial charge in [-0.3, -0.25) is 9.59 Å². The van der Waals surface area contributed by atoms with Crippen LogP contribution in [0.5, 0.6) is 0 Å². The first-order valence-corrected chi connectivity index (χ1v) is 17.1. The van der Waals surface area contributed by atoms with Crippen LogP contribution in [0, 0.1) is 0 Å². The van der Waals surface area contributed by atoms with Gasteiger partial charge in [0.05, 0.1) is 22.1 Å². The summed E-state index contributed by atoms with van der Waals surface area (Å²) in [6.45, 7) is 3.55. The number of carbonyl (C=O) groups excluding carboxylic acids is 3. The van der Waals surface area contributed by atoms with Crippen LogP contribution in [0.1, 0.15) is 120 Å². The van der Waals surface area contributed by atoms with Crippen LogP contribution >= 0.6 is 23.2 Å². The number of carboxylic acid groups (broad SMARTS) is 1. The summed E-state index contributed by atoms with van der Waals surface area (Å²) < 4.78 is 5.06. The van der Waals surface area contributed by atoms with Gasteiger partial charge in [0.1, 0.15) is 6.04 Å². The second kappa shape index (κ2) is 21.8. The highest BCUT2D eigenvalue weighted by Gasteiger charge is 2.26. The van der Waals surface area contributed by atoms with Crippen LogP contribution in [-0.4, -0.2) is 67.6 Å². The summed E-state index contributed by atoms with van der Waals surface area (Å²) in [5.41, 5.74) is 0.229. The SMILES string of the molecule is C1CCC([NH2+]C2CCCCC2)CC1.CCCCCN(CCCOC)C(=O)[C@@H](CCC(=O)[O-])NC(=O)c1ccc(Cl)c(Cl)c1. The topological polar surface area (TPSA) is 115 Å². The third kappa shape index (κ3) is 15.1. The van der Waals surface area contributed by atoms with Crippen LogP contribution in [-0.2, 0) is 14.3 Å². The van der Waals surface area contributed by atoms with Crippen LogP contribution < -0.4 is 15.7 Å². The summed E-state index contributed by atoms with van der Waals surface area (Å²) >= 11 is 11.8. The normalized spacial score (nSPS) is 16.6. The van der Waals surface area contributed by atoms with E-state index in [1.807, 2.05) is 0 Å². The van der Waals surface area contributed by atoms with E-state index in [1.54, 1.807) is 12.0 Å². The molecule has 3 rings (SSSR count). The number of unbranched alkanes of at least 4 members (excludes halogenated alkanes) is 2. The maximum absolute atomic E-state index is 13.1. The highest BCUT2D eigenvalue weighted by atomic mass is 35.5. The molecule has 3 N–H and O–H groups in total. The smallest absolute Gasteiger partial charge is 0.251 e. The van der Waals surface area contributed by atoms with Crippen molar-refractivity contribution in [3.63, 3.8) is 0 Å². The first-order valence-electron chi connectivity index (χ1n) is 16.3. The first-order chi connectivity index (χ1) is 20.7. The lowest BCUT2D eigenvalue weighted by Crippen LogP contribution is -2.95. The van der Waals surface area contributed by atoms with E-state index < -0.39 is 17.9 Å². The van der Waals surface area contributed by atoms with Crippen LogP contribution in [0.15, 0.2) is 18.2 Å². The molecule has 1 aromatic rings. The standard InChI is InChI=1S/C21H30Cl2N2O5.C12H23N/c1-3-4-5-11-25(12-6-13-30-2)21(29)18(9-10-19(26)27)24-20(28)15-7-8-16(22)17(23)14-15;1-3-7-11(8-4-1)13-12-9-5-2-6-10-12/h7-8,14,18H,3-6,9-13H2,1-2H3,(H,24,28)(H,26,27);11-13H,1-10H2/t18-;/m1./s1. The summed E-state index contributed by atoms with van der Waals surface area (Å²) in [5, 5.41) is 16.8. The van der Waals surface area contributed by atoms with Crippen molar-refractivity contribution in [3.05, 3.63) is 33.8 Å². The summed E-state index contributed by atoms with van der Waals surface area (Å²) in [7, 11) is 1.59. The minimum Gasteiger partial charge on any atom is -0.550 e. The molecular formula is C33H53Cl2N3O5. The van der Waals surface area contributed by atoms with Crippen molar-refractivity contribution in [2.24, 2.45) is 0 Å². The number of carbonyl (C=O) groups is 3. The third-order valence-corrected chi connectivity index (χ3v) is 9.13. The van der Waals surface area contributed by atoms with Crippen molar-refractivity contribution in [1.82, 2.24) is 10.2 Å². The lowest BCUT2D eigenvalue weighted by molar-refractivity contribution is -0.725. The highest BCUT2D eigenvalue weighted by Crippen LogP contribution is 2.23. The molecule has 2 aliphatic rings. The van der Waals surface area contributed by atoms with Gasteiger partial charge in [-0.2, -0.15) is 0 Å². The number of halogens is 2. The lowest BCUT2D eigenvalue weighted by Gasteiger charge is -2.28. The van der Waals surface area contributed by atoms with E-state index in [1.165, 1.54) is 82.4 Å². The third-order valence-electron chi connectivity index (χ3n) is 8.39. The molecule has 0 heterocycles. The molecule has 2 fully saturated rings. The molecule has 0 aliphatic heterocycles. The minimum atomic E-state index is -1.28. The largest absolute Gasteiger partial charge is 0.550 e. The summed E-state index contributed by atoms with van der Waals surface area (Å²) in [4.78, 5) is 38.4. The lowest BCUT2D eigenvalue weighted by atomic mass is 9.91. The number of nitrogens with one attached hydrogen (secondary N) is 1. The Morgan fingerprint density at radius 3 is 2.09 bits per heavy atom. The number of nitrogens with zero attached hydrogens (tertiary/aromatic N) is 1.